The van der Waals surface area contributed by atoms with Crippen molar-refractivity contribution in [1.29, 1.82) is 0 Å². The molecule has 136 valence electrons. The predicted octanol–water partition coefficient (Wildman–Crippen LogP) is 1.17. The van der Waals surface area contributed by atoms with Crippen LogP contribution in [0.3, 0.4) is 0 Å². The average Bonchev–Trinajstić information content (AvgIpc) is 3.32. The van der Waals surface area contributed by atoms with Crippen molar-refractivity contribution in [1.82, 2.24) is 24.5 Å². The van der Waals surface area contributed by atoms with E-state index in [1.807, 2.05) is 27.7 Å². The van der Waals surface area contributed by atoms with Gasteiger partial charge in [-0.2, -0.15) is 10.2 Å². The van der Waals surface area contributed by atoms with Crippen LogP contribution in [0.5, 0.6) is 0 Å². The fourth-order valence-electron chi connectivity index (χ4n) is 3.41. The number of aliphatic hydroxyl groups is 2. The molecule has 1 aliphatic rings. The first kappa shape index (κ1) is 17.0. The fraction of sp³-hybridized carbons (Fsp3) is 0.368. The SMILES string of the molecule is OC[C@H](O)c1cc2n(n1)CCN(Cc1ccccc1Cn1cccn1)C2. The maximum atomic E-state index is 9.79. The Labute approximate surface area is 152 Å². The number of hydrogen-bond acceptors (Lipinski definition) is 5. The molecule has 0 radical (unpaired) electrons. The van der Waals surface area contributed by atoms with E-state index < -0.39 is 6.10 Å². The van der Waals surface area contributed by atoms with Gasteiger partial charge in [0.1, 0.15) is 6.10 Å². The summed E-state index contributed by atoms with van der Waals surface area (Å²) in [5, 5.41) is 27.6. The Morgan fingerprint density at radius 2 is 1.88 bits per heavy atom. The monoisotopic (exact) mass is 353 g/mol. The average molecular weight is 353 g/mol. The molecule has 7 nitrogen and oxygen atoms in total. The van der Waals surface area contributed by atoms with Crippen molar-refractivity contribution in [2.24, 2.45) is 0 Å². The van der Waals surface area contributed by atoms with Crippen LogP contribution in [0.15, 0.2) is 48.8 Å². The van der Waals surface area contributed by atoms with Gasteiger partial charge in [-0.15, -0.1) is 0 Å². The summed E-state index contributed by atoms with van der Waals surface area (Å²) in [7, 11) is 0. The van der Waals surface area contributed by atoms with Gasteiger partial charge in [0.2, 0.25) is 0 Å². The van der Waals surface area contributed by atoms with E-state index in [1.54, 1.807) is 6.20 Å². The molecule has 1 atom stereocenters. The van der Waals surface area contributed by atoms with Gasteiger partial charge in [-0.25, -0.2) is 0 Å². The van der Waals surface area contributed by atoms with Crippen LogP contribution in [-0.4, -0.2) is 47.8 Å². The van der Waals surface area contributed by atoms with Gasteiger partial charge in [0, 0.05) is 32.0 Å². The maximum Gasteiger partial charge on any atom is 0.121 e. The molecule has 3 aromatic rings. The van der Waals surface area contributed by atoms with Crippen molar-refractivity contribution < 1.29 is 10.2 Å². The van der Waals surface area contributed by atoms with Crippen LogP contribution < -0.4 is 0 Å². The van der Waals surface area contributed by atoms with Crippen molar-refractivity contribution in [3.63, 3.8) is 0 Å². The molecule has 0 bridgehead atoms. The lowest BCUT2D eigenvalue weighted by atomic mass is 10.1. The quantitative estimate of drug-likeness (QED) is 0.695. The summed E-state index contributed by atoms with van der Waals surface area (Å²) in [6.07, 6.45) is 2.87. The van der Waals surface area contributed by atoms with E-state index in [-0.39, 0.29) is 6.61 Å². The largest absolute Gasteiger partial charge is 0.393 e. The van der Waals surface area contributed by atoms with E-state index >= 15 is 0 Å². The normalized spacial score (nSPS) is 15.8. The Balaban J connectivity index is 1.48. The Hall–Kier alpha value is -2.48. The first-order valence-corrected chi connectivity index (χ1v) is 8.85. The van der Waals surface area contributed by atoms with Crippen molar-refractivity contribution in [3.8, 4) is 0 Å². The van der Waals surface area contributed by atoms with Gasteiger partial charge in [-0.3, -0.25) is 14.3 Å². The summed E-state index contributed by atoms with van der Waals surface area (Å²) in [4.78, 5) is 2.38. The number of aromatic nitrogens is 4. The lowest BCUT2D eigenvalue weighted by Gasteiger charge is -2.28. The number of rotatable bonds is 6. The highest BCUT2D eigenvalue weighted by Gasteiger charge is 2.21. The summed E-state index contributed by atoms with van der Waals surface area (Å²) >= 11 is 0. The van der Waals surface area contributed by atoms with E-state index in [0.717, 1.165) is 38.4 Å². The molecular weight excluding hydrogens is 330 g/mol. The molecule has 26 heavy (non-hydrogen) atoms. The zero-order valence-electron chi connectivity index (χ0n) is 14.6. The zero-order valence-corrected chi connectivity index (χ0v) is 14.6. The molecule has 1 aromatic carbocycles. The number of benzene rings is 1. The van der Waals surface area contributed by atoms with E-state index in [9.17, 15) is 5.11 Å². The van der Waals surface area contributed by atoms with Crippen molar-refractivity contribution in [2.75, 3.05) is 13.2 Å². The van der Waals surface area contributed by atoms with Crippen molar-refractivity contribution in [2.45, 2.75) is 32.3 Å². The third-order valence-electron chi connectivity index (χ3n) is 4.81. The number of fused-ring (bicyclic) bond motifs is 1. The standard InChI is InChI=1S/C19H23N5O2/c25-14-19(26)18-10-17-13-22(8-9-24(17)21-18)11-15-4-1-2-5-16(15)12-23-7-3-6-20-23/h1-7,10,19,25-26H,8-9,11-14H2/t19-/m0/s1. The zero-order chi connectivity index (χ0) is 17.9. The van der Waals surface area contributed by atoms with Gasteiger partial charge in [0.05, 0.1) is 31.1 Å². The van der Waals surface area contributed by atoms with Gasteiger partial charge in [0.15, 0.2) is 0 Å². The molecule has 0 saturated carbocycles. The van der Waals surface area contributed by atoms with Crippen LogP contribution >= 0.6 is 0 Å². The van der Waals surface area contributed by atoms with E-state index in [4.69, 9.17) is 5.11 Å². The highest BCUT2D eigenvalue weighted by atomic mass is 16.3. The number of aliphatic hydroxyl groups excluding tert-OH is 2. The van der Waals surface area contributed by atoms with Gasteiger partial charge in [0.25, 0.3) is 0 Å². The number of hydrogen-bond donors (Lipinski definition) is 2. The molecule has 0 aliphatic carbocycles. The highest BCUT2D eigenvalue weighted by Crippen LogP contribution is 2.21. The van der Waals surface area contributed by atoms with Crippen molar-refractivity contribution >= 4 is 0 Å². The Morgan fingerprint density at radius 3 is 2.62 bits per heavy atom. The van der Waals surface area contributed by atoms with E-state index in [2.05, 4.69) is 39.4 Å². The van der Waals surface area contributed by atoms with Gasteiger partial charge in [-0.1, -0.05) is 24.3 Å². The van der Waals surface area contributed by atoms with E-state index in [0.29, 0.717) is 5.69 Å². The smallest absolute Gasteiger partial charge is 0.121 e. The lowest BCUT2D eigenvalue weighted by molar-refractivity contribution is 0.0915. The summed E-state index contributed by atoms with van der Waals surface area (Å²) in [6, 6.07) is 12.3. The Morgan fingerprint density at radius 1 is 1.08 bits per heavy atom. The van der Waals surface area contributed by atoms with Gasteiger partial charge in [-0.05, 0) is 23.3 Å². The minimum Gasteiger partial charge on any atom is -0.393 e. The number of nitrogens with zero attached hydrogens (tertiary/aromatic N) is 5. The third kappa shape index (κ3) is 3.55. The van der Waals surface area contributed by atoms with Crippen LogP contribution in [0.25, 0.3) is 0 Å². The highest BCUT2D eigenvalue weighted by molar-refractivity contribution is 5.27. The molecule has 7 heteroatoms. The minimum atomic E-state index is -0.906. The van der Waals surface area contributed by atoms with Gasteiger partial charge < -0.3 is 10.2 Å². The predicted molar refractivity (Wildman–Crippen MR) is 96.2 cm³/mol. The molecule has 3 heterocycles. The molecule has 4 rings (SSSR count). The summed E-state index contributed by atoms with van der Waals surface area (Å²) in [6.45, 7) is 3.79. The second-order valence-electron chi connectivity index (χ2n) is 6.67. The van der Waals surface area contributed by atoms with E-state index in [1.165, 1.54) is 11.1 Å². The molecule has 2 N–H and O–H groups in total. The second-order valence-corrected chi connectivity index (χ2v) is 6.67. The van der Waals surface area contributed by atoms with Crippen LogP contribution in [0.4, 0.5) is 0 Å². The fourth-order valence-corrected chi connectivity index (χ4v) is 3.41. The molecule has 1 aliphatic heterocycles. The Kier molecular flexibility index (Phi) is 4.83. The lowest BCUT2D eigenvalue weighted by Crippen LogP contribution is -2.33. The molecule has 0 spiro atoms. The molecule has 0 unspecified atom stereocenters. The van der Waals surface area contributed by atoms with Gasteiger partial charge >= 0.3 is 0 Å². The van der Waals surface area contributed by atoms with Crippen LogP contribution in [0.1, 0.15) is 28.6 Å². The van der Waals surface area contributed by atoms with Crippen LogP contribution in [-0.2, 0) is 26.2 Å². The first-order valence-electron chi connectivity index (χ1n) is 8.85. The molecule has 2 aromatic heterocycles. The second kappa shape index (κ2) is 7.41. The Bertz CT molecular complexity index is 859. The molecule has 0 amide bonds. The third-order valence-corrected chi connectivity index (χ3v) is 4.81. The van der Waals surface area contributed by atoms with Crippen LogP contribution in [0.2, 0.25) is 0 Å². The van der Waals surface area contributed by atoms with Crippen molar-refractivity contribution in [3.05, 3.63) is 71.3 Å². The minimum absolute atomic E-state index is 0.305. The molecular formula is C19H23N5O2. The first-order chi connectivity index (χ1) is 12.7. The molecule has 0 fully saturated rings. The van der Waals surface area contributed by atoms with Crippen LogP contribution in [0, 0.1) is 0 Å². The summed E-state index contributed by atoms with van der Waals surface area (Å²) < 4.78 is 3.87. The topological polar surface area (TPSA) is 79.3 Å². The summed E-state index contributed by atoms with van der Waals surface area (Å²) in [5.41, 5.74) is 4.19. The molecule has 0 saturated heterocycles. The maximum absolute atomic E-state index is 9.79. The summed E-state index contributed by atoms with van der Waals surface area (Å²) in [5.74, 6) is 0.